The standard InChI is InChI=1S/C14H22ClNO3/c1-14(6-7-17,10-18-2)16-9-11-4-5-12(19-3)8-13(11)15/h4-5,8,16-17H,6-7,9-10H2,1-3H3. The Morgan fingerprint density at radius 3 is 2.63 bits per heavy atom. The number of halogens is 1. The van der Waals surface area contributed by atoms with Gasteiger partial charge in [0.1, 0.15) is 5.75 Å². The van der Waals surface area contributed by atoms with Crippen LogP contribution in [0.25, 0.3) is 0 Å². The van der Waals surface area contributed by atoms with Crippen LogP contribution in [0.1, 0.15) is 18.9 Å². The van der Waals surface area contributed by atoms with Gasteiger partial charge < -0.3 is 19.9 Å². The molecule has 0 saturated carbocycles. The Labute approximate surface area is 119 Å². The molecule has 5 heteroatoms. The number of rotatable bonds is 8. The monoisotopic (exact) mass is 287 g/mol. The molecule has 1 unspecified atom stereocenters. The number of benzene rings is 1. The lowest BCUT2D eigenvalue weighted by molar-refractivity contribution is 0.0970. The van der Waals surface area contributed by atoms with Gasteiger partial charge in [0.25, 0.3) is 0 Å². The molecule has 19 heavy (non-hydrogen) atoms. The van der Waals surface area contributed by atoms with Crippen molar-refractivity contribution in [3.8, 4) is 5.75 Å². The maximum atomic E-state index is 9.11. The van der Waals surface area contributed by atoms with E-state index < -0.39 is 0 Å². The van der Waals surface area contributed by atoms with Crippen molar-refractivity contribution < 1.29 is 14.6 Å². The van der Waals surface area contributed by atoms with Crippen LogP contribution in [0.4, 0.5) is 0 Å². The highest BCUT2D eigenvalue weighted by molar-refractivity contribution is 6.31. The van der Waals surface area contributed by atoms with Gasteiger partial charge in [-0.2, -0.15) is 0 Å². The van der Waals surface area contributed by atoms with Crippen molar-refractivity contribution in [3.63, 3.8) is 0 Å². The van der Waals surface area contributed by atoms with Crippen molar-refractivity contribution in [3.05, 3.63) is 28.8 Å². The molecule has 0 spiro atoms. The number of nitrogens with one attached hydrogen (secondary N) is 1. The molecule has 2 N–H and O–H groups in total. The Kier molecular flexibility index (Phi) is 6.58. The maximum Gasteiger partial charge on any atom is 0.120 e. The van der Waals surface area contributed by atoms with Crippen LogP contribution in [0, 0.1) is 0 Å². The van der Waals surface area contributed by atoms with E-state index in [1.165, 1.54) is 0 Å². The third-order valence-electron chi connectivity index (χ3n) is 3.09. The summed E-state index contributed by atoms with van der Waals surface area (Å²) in [5, 5.41) is 13.2. The highest BCUT2D eigenvalue weighted by Crippen LogP contribution is 2.23. The number of hydrogen-bond donors (Lipinski definition) is 2. The number of aliphatic hydroxyl groups excluding tert-OH is 1. The smallest absolute Gasteiger partial charge is 0.120 e. The first kappa shape index (κ1) is 16.2. The largest absolute Gasteiger partial charge is 0.497 e. The molecule has 0 amide bonds. The molecule has 1 aromatic carbocycles. The fourth-order valence-electron chi connectivity index (χ4n) is 1.88. The summed E-state index contributed by atoms with van der Waals surface area (Å²) in [6.07, 6.45) is 0.620. The summed E-state index contributed by atoms with van der Waals surface area (Å²) in [6, 6.07) is 5.60. The minimum atomic E-state index is -0.271. The zero-order chi connectivity index (χ0) is 14.3. The number of aliphatic hydroxyl groups is 1. The fourth-order valence-corrected chi connectivity index (χ4v) is 2.12. The Balaban J connectivity index is 2.68. The lowest BCUT2D eigenvalue weighted by Crippen LogP contribution is -2.46. The van der Waals surface area contributed by atoms with Gasteiger partial charge in [-0.05, 0) is 31.0 Å². The first-order valence-electron chi connectivity index (χ1n) is 6.22. The second-order valence-electron chi connectivity index (χ2n) is 4.78. The second kappa shape index (κ2) is 7.70. The van der Waals surface area contributed by atoms with Crippen LogP contribution in [0.5, 0.6) is 5.75 Å². The molecule has 0 radical (unpaired) electrons. The van der Waals surface area contributed by atoms with Crippen molar-refractivity contribution in [2.45, 2.75) is 25.4 Å². The Morgan fingerprint density at radius 2 is 2.11 bits per heavy atom. The van der Waals surface area contributed by atoms with E-state index >= 15 is 0 Å². The van der Waals surface area contributed by atoms with Crippen molar-refractivity contribution in [2.24, 2.45) is 0 Å². The molecule has 0 fully saturated rings. The first-order chi connectivity index (χ1) is 9.04. The van der Waals surface area contributed by atoms with Crippen molar-refractivity contribution in [1.29, 1.82) is 0 Å². The van der Waals surface area contributed by atoms with Crippen LogP contribution in [0.3, 0.4) is 0 Å². The van der Waals surface area contributed by atoms with E-state index in [0.717, 1.165) is 11.3 Å². The van der Waals surface area contributed by atoms with Gasteiger partial charge >= 0.3 is 0 Å². The quantitative estimate of drug-likeness (QED) is 0.770. The number of hydrogen-bond acceptors (Lipinski definition) is 4. The van der Waals surface area contributed by atoms with E-state index in [1.54, 1.807) is 20.3 Å². The predicted octanol–water partition coefficient (Wildman–Crippen LogP) is 2.23. The molecule has 0 aromatic heterocycles. The Morgan fingerprint density at radius 1 is 1.37 bits per heavy atom. The maximum absolute atomic E-state index is 9.11. The summed E-state index contributed by atoms with van der Waals surface area (Å²) in [7, 11) is 3.26. The summed E-state index contributed by atoms with van der Waals surface area (Å²) in [6.45, 7) is 3.28. The topological polar surface area (TPSA) is 50.7 Å². The van der Waals surface area contributed by atoms with Gasteiger partial charge in [0.2, 0.25) is 0 Å². The molecule has 0 saturated heterocycles. The molecule has 1 atom stereocenters. The minimum absolute atomic E-state index is 0.114. The molecular formula is C14H22ClNO3. The molecule has 0 aliphatic rings. The molecule has 4 nitrogen and oxygen atoms in total. The van der Waals surface area contributed by atoms with Gasteiger partial charge in [-0.3, -0.25) is 0 Å². The number of methoxy groups -OCH3 is 2. The lowest BCUT2D eigenvalue weighted by Gasteiger charge is -2.30. The zero-order valence-electron chi connectivity index (χ0n) is 11.7. The van der Waals surface area contributed by atoms with Crippen LogP contribution in [-0.2, 0) is 11.3 Å². The van der Waals surface area contributed by atoms with Crippen LogP contribution >= 0.6 is 11.6 Å². The van der Waals surface area contributed by atoms with Crippen LogP contribution in [-0.4, -0.2) is 38.1 Å². The lowest BCUT2D eigenvalue weighted by atomic mass is 9.99. The summed E-state index contributed by atoms with van der Waals surface area (Å²) in [5.41, 5.74) is 0.718. The Bertz CT molecular complexity index is 392. The normalized spacial score (nSPS) is 14.2. The van der Waals surface area contributed by atoms with Gasteiger partial charge in [-0.15, -0.1) is 0 Å². The van der Waals surface area contributed by atoms with Crippen molar-refractivity contribution in [2.75, 3.05) is 27.4 Å². The van der Waals surface area contributed by atoms with E-state index in [2.05, 4.69) is 5.32 Å². The van der Waals surface area contributed by atoms with E-state index in [-0.39, 0.29) is 12.1 Å². The molecule has 0 aliphatic carbocycles. The molecule has 0 bridgehead atoms. The second-order valence-corrected chi connectivity index (χ2v) is 5.19. The van der Waals surface area contributed by atoms with Gasteiger partial charge in [0, 0.05) is 30.8 Å². The molecule has 1 rings (SSSR count). The van der Waals surface area contributed by atoms with Crippen LogP contribution in [0.2, 0.25) is 5.02 Å². The molecular weight excluding hydrogens is 266 g/mol. The van der Waals surface area contributed by atoms with Crippen molar-refractivity contribution in [1.82, 2.24) is 5.32 Å². The molecule has 108 valence electrons. The van der Waals surface area contributed by atoms with Crippen LogP contribution in [0.15, 0.2) is 18.2 Å². The van der Waals surface area contributed by atoms with Gasteiger partial charge in [-0.1, -0.05) is 17.7 Å². The van der Waals surface area contributed by atoms with E-state index in [1.807, 2.05) is 19.1 Å². The van der Waals surface area contributed by atoms with Gasteiger partial charge in [0.15, 0.2) is 0 Å². The Hall–Kier alpha value is -0.810. The van der Waals surface area contributed by atoms with Crippen LogP contribution < -0.4 is 10.1 Å². The van der Waals surface area contributed by atoms with Gasteiger partial charge in [-0.25, -0.2) is 0 Å². The average molecular weight is 288 g/mol. The minimum Gasteiger partial charge on any atom is -0.497 e. The summed E-state index contributed by atoms with van der Waals surface area (Å²) < 4.78 is 10.3. The average Bonchev–Trinajstić information content (AvgIpc) is 2.38. The third-order valence-corrected chi connectivity index (χ3v) is 3.44. The SMILES string of the molecule is COCC(C)(CCO)NCc1ccc(OC)cc1Cl. The highest BCUT2D eigenvalue weighted by Gasteiger charge is 2.23. The zero-order valence-corrected chi connectivity index (χ0v) is 12.5. The predicted molar refractivity (Wildman–Crippen MR) is 76.8 cm³/mol. The molecule has 0 heterocycles. The van der Waals surface area contributed by atoms with E-state index in [9.17, 15) is 0 Å². The number of ether oxygens (including phenoxy) is 2. The summed E-state index contributed by atoms with van der Waals surface area (Å²) >= 11 is 6.19. The molecule has 0 aliphatic heterocycles. The summed E-state index contributed by atoms with van der Waals surface area (Å²) in [5.74, 6) is 0.740. The van der Waals surface area contributed by atoms with E-state index in [4.69, 9.17) is 26.2 Å². The highest BCUT2D eigenvalue weighted by atomic mass is 35.5. The molecule has 1 aromatic rings. The fraction of sp³-hybridized carbons (Fsp3) is 0.571. The van der Waals surface area contributed by atoms with Crippen molar-refractivity contribution >= 4 is 11.6 Å². The summed E-state index contributed by atoms with van der Waals surface area (Å²) in [4.78, 5) is 0. The first-order valence-corrected chi connectivity index (χ1v) is 6.59. The van der Waals surface area contributed by atoms with E-state index in [0.29, 0.717) is 24.6 Å². The third kappa shape index (κ3) is 4.99. The van der Waals surface area contributed by atoms with Gasteiger partial charge in [0.05, 0.1) is 13.7 Å².